The van der Waals surface area contributed by atoms with Crippen molar-refractivity contribution in [1.29, 1.82) is 0 Å². The topological polar surface area (TPSA) is 38.8 Å². The van der Waals surface area contributed by atoms with Crippen LogP contribution in [-0.2, 0) is 4.79 Å². The van der Waals surface area contributed by atoms with Crippen LogP contribution in [0.4, 0.5) is 0 Å². The lowest BCUT2D eigenvalue weighted by Crippen LogP contribution is -2.41. The molecule has 0 aromatic carbocycles. The van der Waals surface area contributed by atoms with Crippen LogP contribution in [0.3, 0.4) is 0 Å². The molecule has 5 nitrogen and oxygen atoms in total. The van der Waals surface area contributed by atoms with Crippen molar-refractivity contribution in [1.82, 2.24) is 20.0 Å². The van der Waals surface area contributed by atoms with E-state index in [0.717, 1.165) is 19.0 Å². The van der Waals surface area contributed by atoms with Crippen LogP contribution in [-0.4, -0.2) is 87.1 Å². The van der Waals surface area contributed by atoms with Gasteiger partial charge in [0.15, 0.2) is 0 Å². The molecule has 0 aromatic heterocycles. The molecule has 2 aliphatic heterocycles. The summed E-state index contributed by atoms with van der Waals surface area (Å²) in [5, 5.41) is 2.71. The second kappa shape index (κ2) is 8.71. The van der Waals surface area contributed by atoms with Crippen molar-refractivity contribution in [2.75, 3.05) is 66.5 Å². The molecule has 2 aliphatic rings. The number of amides is 1. The lowest BCUT2D eigenvalue weighted by atomic mass is 9.93. The number of carbonyl (C=O) groups excluding carboxylic acids is 1. The number of nitrogens with zero attached hydrogens (tertiary/aromatic N) is 3. The van der Waals surface area contributed by atoms with Crippen molar-refractivity contribution in [2.24, 2.45) is 5.92 Å². The van der Waals surface area contributed by atoms with Gasteiger partial charge in [-0.15, -0.1) is 0 Å². The Morgan fingerprint density at radius 3 is 2.52 bits per heavy atom. The lowest BCUT2D eigenvalue weighted by Gasteiger charge is -2.32. The zero-order valence-electron chi connectivity index (χ0n) is 13.8. The molecule has 122 valence electrons. The Hall–Kier alpha value is -0.650. The van der Waals surface area contributed by atoms with Gasteiger partial charge in [-0.05, 0) is 71.4 Å². The smallest absolute Gasteiger partial charge is 0.233 e. The third-order valence-electron chi connectivity index (χ3n) is 5.02. The molecule has 2 rings (SSSR count). The van der Waals surface area contributed by atoms with E-state index < -0.39 is 0 Å². The SMILES string of the molecule is CNC(=O)CN1CCC(CCN2CCCN(C)CC2)CC1. The van der Waals surface area contributed by atoms with E-state index in [1.807, 2.05) is 0 Å². The van der Waals surface area contributed by atoms with Crippen LogP contribution in [0.2, 0.25) is 0 Å². The molecule has 0 spiro atoms. The van der Waals surface area contributed by atoms with Gasteiger partial charge in [0.1, 0.15) is 0 Å². The molecule has 0 bridgehead atoms. The van der Waals surface area contributed by atoms with Gasteiger partial charge in [0.2, 0.25) is 5.91 Å². The van der Waals surface area contributed by atoms with Crippen LogP contribution < -0.4 is 5.32 Å². The Labute approximate surface area is 129 Å². The average molecular weight is 296 g/mol. The van der Waals surface area contributed by atoms with Crippen LogP contribution in [0.25, 0.3) is 0 Å². The minimum absolute atomic E-state index is 0.141. The van der Waals surface area contributed by atoms with Gasteiger partial charge in [-0.2, -0.15) is 0 Å². The van der Waals surface area contributed by atoms with Crippen molar-refractivity contribution in [3.05, 3.63) is 0 Å². The van der Waals surface area contributed by atoms with Gasteiger partial charge in [0, 0.05) is 20.1 Å². The molecule has 2 fully saturated rings. The zero-order chi connectivity index (χ0) is 15.1. The normalized spacial score (nSPS) is 23.9. The fourth-order valence-electron chi connectivity index (χ4n) is 3.40. The highest BCUT2D eigenvalue weighted by molar-refractivity contribution is 5.77. The summed E-state index contributed by atoms with van der Waals surface area (Å²) >= 11 is 0. The highest BCUT2D eigenvalue weighted by atomic mass is 16.1. The van der Waals surface area contributed by atoms with E-state index in [-0.39, 0.29) is 5.91 Å². The van der Waals surface area contributed by atoms with Crippen LogP contribution in [0.5, 0.6) is 0 Å². The van der Waals surface area contributed by atoms with Gasteiger partial charge < -0.3 is 15.1 Å². The molecule has 0 aromatic rings. The maximum absolute atomic E-state index is 11.4. The third kappa shape index (κ3) is 5.93. The van der Waals surface area contributed by atoms with Crippen molar-refractivity contribution < 1.29 is 4.79 Å². The fourth-order valence-corrected chi connectivity index (χ4v) is 3.40. The Bertz CT molecular complexity index is 315. The summed E-state index contributed by atoms with van der Waals surface area (Å²) in [5.74, 6) is 0.994. The summed E-state index contributed by atoms with van der Waals surface area (Å²) < 4.78 is 0. The molecule has 0 unspecified atom stereocenters. The molecular weight excluding hydrogens is 264 g/mol. The first-order valence-corrected chi connectivity index (χ1v) is 8.51. The molecule has 5 heteroatoms. The molecule has 21 heavy (non-hydrogen) atoms. The maximum Gasteiger partial charge on any atom is 0.233 e. The highest BCUT2D eigenvalue weighted by Gasteiger charge is 2.21. The monoisotopic (exact) mass is 296 g/mol. The molecule has 1 amide bonds. The first kappa shape index (κ1) is 16.7. The van der Waals surface area contributed by atoms with Gasteiger partial charge in [-0.25, -0.2) is 0 Å². The molecule has 0 atom stereocenters. The van der Waals surface area contributed by atoms with E-state index >= 15 is 0 Å². The number of piperidine rings is 1. The second-order valence-electron chi connectivity index (χ2n) is 6.68. The minimum Gasteiger partial charge on any atom is -0.358 e. The number of likely N-dealkylation sites (tertiary alicyclic amines) is 1. The zero-order valence-corrected chi connectivity index (χ0v) is 13.8. The number of nitrogens with one attached hydrogen (secondary N) is 1. The van der Waals surface area contributed by atoms with E-state index in [9.17, 15) is 4.79 Å². The maximum atomic E-state index is 11.4. The average Bonchev–Trinajstić information content (AvgIpc) is 2.71. The summed E-state index contributed by atoms with van der Waals surface area (Å²) in [5.41, 5.74) is 0. The molecule has 0 radical (unpaired) electrons. The number of carbonyl (C=O) groups is 1. The Morgan fingerprint density at radius 1 is 1.05 bits per heavy atom. The highest BCUT2D eigenvalue weighted by Crippen LogP contribution is 2.20. The van der Waals surface area contributed by atoms with Gasteiger partial charge >= 0.3 is 0 Å². The van der Waals surface area contributed by atoms with E-state index in [1.165, 1.54) is 58.4 Å². The van der Waals surface area contributed by atoms with Crippen LogP contribution in [0, 0.1) is 5.92 Å². The van der Waals surface area contributed by atoms with Gasteiger partial charge in [0.25, 0.3) is 0 Å². The standard InChI is InChI=1S/C16H32N4O/c1-17-16(21)14-20-10-5-15(6-11-20)4-9-19-8-3-7-18(2)12-13-19/h15H,3-14H2,1-2H3,(H,17,21). The lowest BCUT2D eigenvalue weighted by molar-refractivity contribution is -0.122. The summed E-state index contributed by atoms with van der Waals surface area (Å²) in [7, 11) is 3.94. The molecule has 2 saturated heterocycles. The van der Waals surface area contributed by atoms with Crippen molar-refractivity contribution >= 4 is 5.91 Å². The quantitative estimate of drug-likeness (QED) is 0.801. The minimum atomic E-state index is 0.141. The molecular formula is C16H32N4O. The van der Waals surface area contributed by atoms with Crippen molar-refractivity contribution in [3.63, 3.8) is 0 Å². The molecule has 0 saturated carbocycles. The van der Waals surface area contributed by atoms with Crippen LogP contribution >= 0.6 is 0 Å². The van der Waals surface area contributed by atoms with E-state index in [2.05, 4.69) is 27.1 Å². The number of likely N-dealkylation sites (N-methyl/N-ethyl adjacent to an activating group) is 2. The van der Waals surface area contributed by atoms with Gasteiger partial charge in [-0.1, -0.05) is 0 Å². The predicted octanol–water partition coefficient (Wildman–Crippen LogP) is 0.472. The first-order valence-electron chi connectivity index (χ1n) is 8.51. The van der Waals surface area contributed by atoms with E-state index in [0.29, 0.717) is 6.54 Å². The van der Waals surface area contributed by atoms with Gasteiger partial charge in [0.05, 0.1) is 6.54 Å². The fraction of sp³-hybridized carbons (Fsp3) is 0.938. The third-order valence-corrected chi connectivity index (χ3v) is 5.02. The number of rotatable bonds is 5. The van der Waals surface area contributed by atoms with Crippen LogP contribution in [0.15, 0.2) is 0 Å². The number of hydrogen-bond acceptors (Lipinski definition) is 4. The van der Waals surface area contributed by atoms with Crippen molar-refractivity contribution in [3.8, 4) is 0 Å². The summed E-state index contributed by atoms with van der Waals surface area (Å²) in [6, 6.07) is 0. The number of hydrogen-bond donors (Lipinski definition) is 1. The Morgan fingerprint density at radius 2 is 1.81 bits per heavy atom. The van der Waals surface area contributed by atoms with Crippen LogP contribution in [0.1, 0.15) is 25.7 Å². The Kier molecular flexibility index (Phi) is 6.93. The largest absolute Gasteiger partial charge is 0.358 e. The molecule has 1 N–H and O–H groups in total. The first-order chi connectivity index (χ1) is 10.2. The summed E-state index contributed by atoms with van der Waals surface area (Å²) in [6.45, 7) is 8.95. The second-order valence-corrected chi connectivity index (χ2v) is 6.68. The molecule has 2 heterocycles. The molecule has 0 aliphatic carbocycles. The van der Waals surface area contributed by atoms with Crippen molar-refractivity contribution in [2.45, 2.75) is 25.7 Å². The predicted molar refractivity (Wildman–Crippen MR) is 86.4 cm³/mol. The Balaban J connectivity index is 1.61. The summed E-state index contributed by atoms with van der Waals surface area (Å²) in [4.78, 5) is 18.8. The summed E-state index contributed by atoms with van der Waals surface area (Å²) in [6.07, 6.45) is 5.15. The van der Waals surface area contributed by atoms with E-state index in [1.54, 1.807) is 7.05 Å². The van der Waals surface area contributed by atoms with Gasteiger partial charge in [-0.3, -0.25) is 9.69 Å². The van der Waals surface area contributed by atoms with E-state index in [4.69, 9.17) is 0 Å².